The van der Waals surface area contributed by atoms with Crippen molar-refractivity contribution < 1.29 is 9.72 Å². The Balaban J connectivity index is 3.14. The third-order valence-electron chi connectivity index (χ3n) is 1.61. The third-order valence-corrected chi connectivity index (χ3v) is 1.61. The van der Waals surface area contributed by atoms with E-state index >= 15 is 0 Å². The lowest BCUT2D eigenvalue weighted by Gasteiger charge is -1.96. The fourth-order valence-electron chi connectivity index (χ4n) is 1.04. The Labute approximate surface area is 81.0 Å². The van der Waals surface area contributed by atoms with Crippen LogP contribution >= 0.6 is 0 Å². The number of hydrogen-bond donors (Lipinski definition) is 0. The summed E-state index contributed by atoms with van der Waals surface area (Å²) in [6.07, 6.45) is 1.02. The van der Waals surface area contributed by atoms with E-state index in [2.05, 4.69) is 0 Å². The van der Waals surface area contributed by atoms with Gasteiger partial charge in [-0.05, 0) is 19.1 Å². The van der Waals surface area contributed by atoms with Gasteiger partial charge in [0.25, 0.3) is 5.70 Å². The molecule has 1 aromatic rings. The zero-order valence-corrected chi connectivity index (χ0v) is 7.64. The maximum atomic E-state index is 10.8. The summed E-state index contributed by atoms with van der Waals surface area (Å²) in [7, 11) is 0. The van der Waals surface area contributed by atoms with Crippen LogP contribution in [0.25, 0.3) is 5.70 Å². The van der Waals surface area contributed by atoms with Gasteiger partial charge in [-0.15, -0.1) is 0 Å². The molecule has 0 saturated heterocycles. The zero-order chi connectivity index (χ0) is 10.6. The Kier molecular flexibility index (Phi) is 3.12. The lowest BCUT2D eigenvalue weighted by Crippen LogP contribution is -2.00. The number of nitro groups is 1. The van der Waals surface area contributed by atoms with Crippen molar-refractivity contribution >= 4 is 11.5 Å². The van der Waals surface area contributed by atoms with E-state index in [-0.39, 0.29) is 11.5 Å². The van der Waals surface area contributed by atoms with Gasteiger partial charge < -0.3 is 0 Å². The molecule has 0 atom stereocenters. The van der Waals surface area contributed by atoms with Crippen LogP contribution in [-0.4, -0.2) is 10.7 Å². The van der Waals surface area contributed by atoms with Crippen LogP contribution in [0.1, 0.15) is 12.5 Å². The highest BCUT2D eigenvalue weighted by atomic mass is 16.6. The Bertz CT molecular complexity index is 382. The predicted molar refractivity (Wildman–Crippen MR) is 52.1 cm³/mol. The van der Waals surface area contributed by atoms with Crippen molar-refractivity contribution in [3.63, 3.8) is 0 Å². The minimum absolute atomic E-state index is 0.168. The minimum Gasteiger partial charge on any atom is -0.295 e. The second-order valence-electron chi connectivity index (χ2n) is 2.76. The summed E-state index contributed by atoms with van der Waals surface area (Å²) in [6, 6.07) is 8.32. The highest BCUT2D eigenvalue weighted by Gasteiger charge is 2.13. The highest BCUT2D eigenvalue weighted by Crippen LogP contribution is 2.13. The number of benzene rings is 1. The SMILES string of the molecule is CC(=O)C=C(c1ccccc1)[N+](=O)[O-]. The molecule has 0 saturated carbocycles. The van der Waals surface area contributed by atoms with Gasteiger partial charge in [0.1, 0.15) is 0 Å². The van der Waals surface area contributed by atoms with Crippen molar-refractivity contribution in [1.82, 2.24) is 0 Å². The fraction of sp³-hybridized carbons (Fsp3) is 0.100. The van der Waals surface area contributed by atoms with E-state index in [1.54, 1.807) is 30.3 Å². The quantitative estimate of drug-likeness (QED) is 0.416. The molecule has 4 nitrogen and oxygen atoms in total. The van der Waals surface area contributed by atoms with Gasteiger partial charge in [-0.1, -0.05) is 18.2 Å². The van der Waals surface area contributed by atoms with Crippen molar-refractivity contribution in [3.05, 3.63) is 52.1 Å². The van der Waals surface area contributed by atoms with Crippen molar-refractivity contribution in [2.45, 2.75) is 6.92 Å². The number of nitrogens with zero attached hydrogens (tertiary/aromatic N) is 1. The number of hydrogen-bond acceptors (Lipinski definition) is 3. The van der Waals surface area contributed by atoms with Crippen molar-refractivity contribution in [2.75, 3.05) is 0 Å². The van der Waals surface area contributed by atoms with Gasteiger partial charge in [-0.2, -0.15) is 0 Å². The van der Waals surface area contributed by atoms with Gasteiger partial charge >= 0.3 is 0 Å². The maximum absolute atomic E-state index is 10.8. The summed E-state index contributed by atoms with van der Waals surface area (Å²) in [4.78, 5) is 20.8. The number of ketones is 1. The molecule has 0 N–H and O–H groups in total. The average Bonchev–Trinajstić information content (AvgIpc) is 2.15. The van der Waals surface area contributed by atoms with Crippen LogP contribution in [-0.2, 0) is 4.79 Å². The standard InChI is InChI=1S/C10H9NO3/c1-8(12)7-10(11(13)14)9-5-3-2-4-6-9/h2-7H,1H3. The summed E-state index contributed by atoms with van der Waals surface area (Å²) in [6.45, 7) is 1.28. The molecule has 0 bridgehead atoms. The summed E-state index contributed by atoms with van der Waals surface area (Å²) in [5.41, 5.74) is 0.269. The van der Waals surface area contributed by atoms with E-state index < -0.39 is 4.92 Å². The van der Waals surface area contributed by atoms with Crippen molar-refractivity contribution in [1.29, 1.82) is 0 Å². The van der Waals surface area contributed by atoms with Gasteiger partial charge in [-0.25, -0.2) is 0 Å². The highest BCUT2D eigenvalue weighted by molar-refractivity contribution is 5.93. The van der Waals surface area contributed by atoms with Gasteiger partial charge in [0.15, 0.2) is 5.78 Å². The molecular weight excluding hydrogens is 182 g/mol. The number of rotatable bonds is 3. The number of carbonyl (C=O) groups is 1. The fourth-order valence-corrected chi connectivity index (χ4v) is 1.04. The van der Waals surface area contributed by atoms with Crippen LogP contribution in [0.3, 0.4) is 0 Å². The Morgan fingerprint density at radius 2 is 1.93 bits per heavy atom. The van der Waals surface area contributed by atoms with E-state index in [0.29, 0.717) is 5.56 Å². The normalized spacial score (nSPS) is 11.1. The van der Waals surface area contributed by atoms with Gasteiger partial charge in [0.2, 0.25) is 0 Å². The average molecular weight is 191 g/mol. The molecule has 4 heteroatoms. The van der Waals surface area contributed by atoms with Crippen LogP contribution in [0.4, 0.5) is 0 Å². The maximum Gasteiger partial charge on any atom is 0.280 e. The largest absolute Gasteiger partial charge is 0.295 e. The smallest absolute Gasteiger partial charge is 0.280 e. The van der Waals surface area contributed by atoms with Crippen LogP contribution in [0, 0.1) is 10.1 Å². The molecule has 0 unspecified atom stereocenters. The monoisotopic (exact) mass is 191 g/mol. The molecule has 0 fully saturated rings. The van der Waals surface area contributed by atoms with E-state index in [1.165, 1.54) is 6.92 Å². The second-order valence-corrected chi connectivity index (χ2v) is 2.76. The second kappa shape index (κ2) is 4.32. The Morgan fingerprint density at radius 3 is 2.36 bits per heavy atom. The van der Waals surface area contributed by atoms with E-state index in [0.717, 1.165) is 6.08 Å². The Morgan fingerprint density at radius 1 is 1.36 bits per heavy atom. The number of allylic oxidation sites excluding steroid dienone is 1. The molecule has 0 aliphatic heterocycles. The van der Waals surface area contributed by atoms with Crippen molar-refractivity contribution in [2.24, 2.45) is 0 Å². The predicted octanol–water partition coefficient (Wildman–Crippen LogP) is 1.89. The van der Waals surface area contributed by atoms with E-state index in [1.807, 2.05) is 0 Å². The van der Waals surface area contributed by atoms with E-state index in [9.17, 15) is 14.9 Å². The van der Waals surface area contributed by atoms with E-state index in [4.69, 9.17) is 0 Å². The molecule has 14 heavy (non-hydrogen) atoms. The van der Waals surface area contributed by atoms with Crippen LogP contribution in [0.2, 0.25) is 0 Å². The first-order valence-electron chi connectivity index (χ1n) is 4.03. The molecule has 0 aromatic heterocycles. The first-order valence-corrected chi connectivity index (χ1v) is 4.03. The topological polar surface area (TPSA) is 60.2 Å². The molecule has 0 heterocycles. The van der Waals surface area contributed by atoms with Crippen LogP contribution in [0.5, 0.6) is 0 Å². The molecule has 0 aliphatic carbocycles. The lowest BCUT2D eigenvalue weighted by atomic mass is 10.1. The Hall–Kier alpha value is -1.97. The molecule has 0 aliphatic rings. The van der Waals surface area contributed by atoms with Crippen LogP contribution < -0.4 is 0 Å². The number of carbonyl (C=O) groups excluding carboxylic acids is 1. The van der Waals surface area contributed by atoms with Gasteiger partial charge in [0, 0.05) is 0 Å². The molecule has 1 aromatic carbocycles. The third kappa shape index (κ3) is 2.52. The molecule has 72 valence electrons. The summed E-state index contributed by atoms with van der Waals surface area (Å²) in [5, 5.41) is 10.6. The summed E-state index contributed by atoms with van der Waals surface area (Å²) >= 11 is 0. The molecule has 0 amide bonds. The van der Waals surface area contributed by atoms with Gasteiger partial charge in [0.05, 0.1) is 16.6 Å². The molecule has 0 radical (unpaired) electrons. The summed E-state index contributed by atoms with van der Waals surface area (Å²) < 4.78 is 0. The lowest BCUT2D eigenvalue weighted by molar-refractivity contribution is -0.375. The first kappa shape index (κ1) is 10.1. The molecule has 1 rings (SSSR count). The zero-order valence-electron chi connectivity index (χ0n) is 7.64. The molecule has 0 spiro atoms. The van der Waals surface area contributed by atoms with Gasteiger partial charge in [-0.3, -0.25) is 14.9 Å². The van der Waals surface area contributed by atoms with Crippen molar-refractivity contribution in [3.8, 4) is 0 Å². The molecular formula is C10H9NO3. The van der Waals surface area contributed by atoms with Crippen LogP contribution in [0.15, 0.2) is 36.4 Å². The summed E-state index contributed by atoms with van der Waals surface area (Å²) in [5.74, 6) is -0.333. The first-order chi connectivity index (χ1) is 6.61. The minimum atomic E-state index is -0.559.